The van der Waals surface area contributed by atoms with Gasteiger partial charge in [-0.3, -0.25) is 19.2 Å². The highest BCUT2D eigenvalue weighted by Crippen LogP contribution is 2.04. The first-order valence-electron chi connectivity index (χ1n) is 7.51. The summed E-state index contributed by atoms with van der Waals surface area (Å²) in [7, 11) is 0. The molecule has 4 amide bonds. The molecule has 2 atom stereocenters. The standard InChI is InChI=1S/C13H23N5O7S/c14-7(12(23)24)1-2-9(19)18-8(11(22)17-5-10(20)21)6-26-4-3-16-13(15)25/h7-8H,1-6,14H2,(H,17,22)(H,18,19)(H,20,21)(H,23,24)(H3,15,16,25). The molecule has 0 aliphatic rings. The summed E-state index contributed by atoms with van der Waals surface area (Å²) in [5.41, 5.74) is 10.2. The van der Waals surface area contributed by atoms with Crippen molar-refractivity contribution in [1.29, 1.82) is 0 Å². The first kappa shape index (κ1) is 23.5. The maximum Gasteiger partial charge on any atom is 0.322 e. The maximum absolute atomic E-state index is 12.0. The zero-order valence-electron chi connectivity index (χ0n) is 13.9. The molecule has 0 bridgehead atoms. The number of aliphatic carboxylic acids is 2. The number of nitrogens with two attached hydrogens (primary N) is 2. The number of urea groups is 1. The summed E-state index contributed by atoms with van der Waals surface area (Å²) in [6, 6.07) is -2.92. The van der Waals surface area contributed by atoms with Crippen LogP contribution >= 0.6 is 11.8 Å². The van der Waals surface area contributed by atoms with Crippen molar-refractivity contribution in [3.8, 4) is 0 Å². The number of carboxylic acids is 2. The lowest BCUT2D eigenvalue weighted by molar-refractivity contribution is -0.139. The van der Waals surface area contributed by atoms with Crippen molar-refractivity contribution in [2.24, 2.45) is 11.5 Å². The van der Waals surface area contributed by atoms with Gasteiger partial charge in [-0.25, -0.2) is 4.79 Å². The molecule has 26 heavy (non-hydrogen) atoms. The highest BCUT2D eigenvalue weighted by atomic mass is 32.2. The summed E-state index contributed by atoms with van der Waals surface area (Å²) in [5, 5.41) is 24.2. The van der Waals surface area contributed by atoms with Gasteiger partial charge < -0.3 is 37.6 Å². The summed E-state index contributed by atoms with van der Waals surface area (Å²) in [6.07, 6.45) is -0.315. The topological polar surface area (TPSA) is 214 Å². The van der Waals surface area contributed by atoms with E-state index in [0.29, 0.717) is 5.75 Å². The lowest BCUT2D eigenvalue weighted by Crippen LogP contribution is -2.49. The number of nitrogens with one attached hydrogen (secondary N) is 3. The molecule has 2 unspecified atom stereocenters. The molecular formula is C13H23N5O7S. The molecule has 148 valence electrons. The van der Waals surface area contributed by atoms with Crippen LogP contribution in [0.2, 0.25) is 0 Å². The summed E-state index contributed by atoms with van der Waals surface area (Å²) >= 11 is 1.23. The van der Waals surface area contributed by atoms with E-state index in [2.05, 4.69) is 16.0 Å². The third kappa shape index (κ3) is 11.9. The van der Waals surface area contributed by atoms with E-state index in [1.807, 2.05) is 0 Å². The zero-order valence-corrected chi connectivity index (χ0v) is 14.7. The Labute approximate surface area is 153 Å². The van der Waals surface area contributed by atoms with Gasteiger partial charge in [0.05, 0.1) is 0 Å². The van der Waals surface area contributed by atoms with E-state index < -0.39 is 48.4 Å². The molecule has 13 heteroatoms. The van der Waals surface area contributed by atoms with Gasteiger partial charge in [-0.1, -0.05) is 0 Å². The molecule has 0 fully saturated rings. The molecule has 12 nitrogen and oxygen atoms in total. The molecule has 0 radical (unpaired) electrons. The smallest absolute Gasteiger partial charge is 0.322 e. The highest BCUT2D eigenvalue weighted by Gasteiger charge is 2.22. The van der Waals surface area contributed by atoms with Crippen LogP contribution in [0.1, 0.15) is 12.8 Å². The second-order valence-corrected chi connectivity index (χ2v) is 6.23. The van der Waals surface area contributed by atoms with Crippen LogP contribution in [0.3, 0.4) is 0 Å². The summed E-state index contributed by atoms with van der Waals surface area (Å²) in [5.74, 6) is -3.25. The number of carbonyl (C=O) groups is 5. The average Bonchev–Trinajstić information content (AvgIpc) is 2.55. The number of rotatable bonds is 13. The van der Waals surface area contributed by atoms with Gasteiger partial charge in [-0.05, 0) is 6.42 Å². The molecule has 0 saturated carbocycles. The summed E-state index contributed by atoms with van der Waals surface area (Å²) < 4.78 is 0. The van der Waals surface area contributed by atoms with Crippen LogP contribution in [-0.2, 0) is 19.2 Å². The van der Waals surface area contributed by atoms with Gasteiger partial charge in [-0.15, -0.1) is 0 Å². The fraction of sp³-hybridized carbons (Fsp3) is 0.615. The number of hydrogen-bond acceptors (Lipinski definition) is 7. The Bertz CT molecular complexity index is 531. The van der Waals surface area contributed by atoms with Crippen molar-refractivity contribution in [3.63, 3.8) is 0 Å². The zero-order chi connectivity index (χ0) is 20.1. The highest BCUT2D eigenvalue weighted by molar-refractivity contribution is 7.99. The Kier molecular flexibility index (Phi) is 11.5. The SMILES string of the molecule is NC(=O)NCCSCC(NC(=O)CCC(N)C(=O)O)C(=O)NCC(=O)O. The van der Waals surface area contributed by atoms with Crippen LogP contribution in [0.15, 0.2) is 0 Å². The number of carboxylic acid groups (broad SMARTS) is 2. The monoisotopic (exact) mass is 393 g/mol. The first-order chi connectivity index (χ1) is 12.1. The summed E-state index contributed by atoms with van der Waals surface area (Å²) in [4.78, 5) is 55.5. The normalized spacial score (nSPS) is 12.5. The lowest BCUT2D eigenvalue weighted by atomic mass is 10.1. The van der Waals surface area contributed by atoms with Crippen LogP contribution in [0.4, 0.5) is 4.79 Å². The first-order valence-corrected chi connectivity index (χ1v) is 8.67. The van der Waals surface area contributed by atoms with Gasteiger partial charge in [0.2, 0.25) is 11.8 Å². The van der Waals surface area contributed by atoms with Crippen LogP contribution in [0.5, 0.6) is 0 Å². The van der Waals surface area contributed by atoms with E-state index in [1.54, 1.807) is 0 Å². The van der Waals surface area contributed by atoms with Crippen molar-refractivity contribution >= 4 is 41.5 Å². The Morgan fingerprint density at radius 1 is 1.08 bits per heavy atom. The van der Waals surface area contributed by atoms with E-state index >= 15 is 0 Å². The van der Waals surface area contributed by atoms with Gasteiger partial charge in [0, 0.05) is 24.5 Å². The molecule has 9 N–H and O–H groups in total. The third-order valence-electron chi connectivity index (χ3n) is 2.90. The molecule has 0 spiro atoms. The quantitative estimate of drug-likeness (QED) is 0.161. The fourth-order valence-corrected chi connectivity index (χ4v) is 2.48. The van der Waals surface area contributed by atoms with Gasteiger partial charge in [-0.2, -0.15) is 11.8 Å². The minimum atomic E-state index is -1.24. The number of primary amides is 1. The molecule has 0 aliphatic carbocycles. The number of thioether (sulfide) groups is 1. The lowest BCUT2D eigenvalue weighted by Gasteiger charge is -2.18. The largest absolute Gasteiger partial charge is 0.480 e. The van der Waals surface area contributed by atoms with E-state index in [1.165, 1.54) is 11.8 Å². The van der Waals surface area contributed by atoms with Gasteiger partial charge >= 0.3 is 18.0 Å². The predicted octanol–water partition coefficient (Wildman–Crippen LogP) is -2.73. The van der Waals surface area contributed by atoms with Crippen molar-refractivity contribution < 1.29 is 34.2 Å². The van der Waals surface area contributed by atoms with Crippen molar-refractivity contribution in [1.82, 2.24) is 16.0 Å². The number of hydrogen-bond donors (Lipinski definition) is 7. The van der Waals surface area contributed by atoms with Crippen LogP contribution in [-0.4, -0.2) is 76.7 Å². The van der Waals surface area contributed by atoms with Crippen LogP contribution < -0.4 is 27.4 Å². The van der Waals surface area contributed by atoms with Crippen molar-refractivity contribution in [2.45, 2.75) is 24.9 Å². The molecule has 0 aliphatic heterocycles. The average molecular weight is 393 g/mol. The molecule has 0 saturated heterocycles. The van der Waals surface area contributed by atoms with Gasteiger partial charge in [0.15, 0.2) is 0 Å². The molecule has 0 aromatic carbocycles. The van der Waals surface area contributed by atoms with E-state index in [0.717, 1.165) is 0 Å². The van der Waals surface area contributed by atoms with Gasteiger partial charge in [0.25, 0.3) is 0 Å². The Morgan fingerprint density at radius 2 is 1.73 bits per heavy atom. The number of amides is 4. The Balaban J connectivity index is 4.52. The Hall–Kier alpha value is -2.54. The minimum absolute atomic E-state index is 0.111. The molecule has 0 aromatic heterocycles. The third-order valence-corrected chi connectivity index (χ3v) is 3.96. The van der Waals surface area contributed by atoms with Gasteiger partial charge in [0.1, 0.15) is 18.6 Å². The van der Waals surface area contributed by atoms with E-state index in [9.17, 15) is 24.0 Å². The van der Waals surface area contributed by atoms with Crippen molar-refractivity contribution in [2.75, 3.05) is 24.6 Å². The van der Waals surface area contributed by atoms with Crippen molar-refractivity contribution in [3.05, 3.63) is 0 Å². The van der Waals surface area contributed by atoms with E-state index in [-0.39, 0.29) is 25.1 Å². The van der Waals surface area contributed by atoms with Crippen LogP contribution in [0.25, 0.3) is 0 Å². The summed E-state index contributed by atoms with van der Waals surface area (Å²) in [6.45, 7) is -0.353. The maximum atomic E-state index is 12.0. The fourth-order valence-electron chi connectivity index (χ4n) is 1.59. The molecular weight excluding hydrogens is 370 g/mol. The Morgan fingerprint density at radius 3 is 2.27 bits per heavy atom. The predicted molar refractivity (Wildman–Crippen MR) is 92.3 cm³/mol. The molecule has 0 aromatic rings. The molecule has 0 rings (SSSR count). The second-order valence-electron chi connectivity index (χ2n) is 5.08. The minimum Gasteiger partial charge on any atom is -0.480 e. The van der Waals surface area contributed by atoms with E-state index in [4.69, 9.17) is 21.7 Å². The molecule has 0 heterocycles. The van der Waals surface area contributed by atoms with Crippen LogP contribution in [0, 0.1) is 0 Å². The second kappa shape index (κ2) is 12.8. The number of carbonyl (C=O) groups excluding carboxylic acids is 3.